The molecule has 0 radical (unpaired) electrons. The van der Waals surface area contributed by atoms with Crippen LogP contribution in [0.3, 0.4) is 0 Å². The van der Waals surface area contributed by atoms with Gasteiger partial charge in [-0.05, 0) is 61.5 Å². The van der Waals surface area contributed by atoms with Crippen LogP contribution in [0.4, 0.5) is 11.4 Å². The van der Waals surface area contributed by atoms with Crippen LogP contribution in [-0.4, -0.2) is 20.9 Å². The van der Waals surface area contributed by atoms with Gasteiger partial charge in [-0.1, -0.05) is 35.3 Å². The number of hydrogen-bond donors (Lipinski definition) is 2. The highest BCUT2D eigenvalue weighted by Crippen LogP contribution is 2.27. The molecule has 9 heteroatoms. The molecule has 0 unspecified atom stereocenters. The summed E-state index contributed by atoms with van der Waals surface area (Å²) in [5, 5.41) is 3.09. The minimum absolute atomic E-state index is 0.0517. The van der Waals surface area contributed by atoms with Gasteiger partial charge in [-0.15, -0.1) is 0 Å². The molecule has 0 saturated carbocycles. The van der Waals surface area contributed by atoms with E-state index < -0.39 is 10.0 Å². The van der Waals surface area contributed by atoms with E-state index in [0.29, 0.717) is 23.6 Å². The number of sulfonamides is 1. The predicted octanol–water partition coefficient (Wildman–Crippen LogP) is 5.45. The Hall–Kier alpha value is -2.74. The van der Waals surface area contributed by atoms with E-state index in [9.17, 15) is 13.2 Å². The Morgan fingerprint density at radius 3 is 2.40 bits per heavy atom. The zero-order valence-electron chi connectivity index (χ0n) is 15.9. The number of nitrogens with one attached hydrogen (secondary N) is 2. The van der Waals surface area contributed by atoms with E-state index in [1.54, 1.807) is 18.2 Å². The van der Waals surface area contributed by atoms with Crippen LogP contribution in [0.5, 0.6) is 5.75 Å². The Bertz CT molecular complexity index is 1170. The molecule has 0 atom stereocenters. The van der Waals surface area contributed by atoms with Gasteiger partial charge in [0.2, 0.25) is 0 Å². The van der Waals surface area contributed by atoms with Crippen molar-refractivity contribution in [3.05, 3.63) is 82.3 Å². The smallest absolute Gasteiger partial charge is 0.263 e. The van der Waals surface area contributed by atoms with Gasteiger partial charge < -0.3 is 10.1 Å². The van der Waals surface area contributed by atoms with E-state index in [4.69, 9.17) is 27.9 Å². The summed E-state index contributed by atoms with van der Waals surface area (Å²) in [6, 6.07) is 17.3. The number of ether oxygens (including phenoxy) is 1. The van der Waals surface area contributed by atoms with Gasteiger partial charge in [-0.2, -0.15) is 0 Å². The number of halogens is 2. The minimum atomic E-state index is -3.94. The first-order valence-corrected chi connectivity index (χ1v) is 11.1. The highest BCUT2D eigenvalue weighted by Gasteiger charge is 2.19. The summed E-state index contributed by atoms with van der Waals surface area (Å²) in [5.74, 6) is 0.213. The van der Waals surface area contributed by atoms with Crippen LogP contribution < -0.4 is 14.8 Å². The maximum absolute atomic E-state index is 12.6. The molecule has 3 aromatic rings. The second kappa shape index (κ2) is 9.38. The van der Waals surface area contributed by atoms with Crippen LogP contribution in [0, 0.1) is 0 Å². The zero-order valence-corrected chi connectivity index (χ0v) is 18.2. The summed E-state index contributed by atoms with van der Waals surface area (Å²) in [6.45, 7) is 2.33. The number of carbonyl (C=O) groups excluding carboxylic acids is 1. The molecule has 0 fully saturated rings. The molecule has 3 aromatic carbocycles. The molecule has 0 spiro atoms. The molecule has 0 aliphatic carbocycles. The molecular formula is C21H18Cl2N2O4S. The molecule has 0 aliphatic heterocycles. The van der Waals surface area contributed by atoms with Crippen LogP contribution in [0.15, 0.2) is 71.6 Å². The van der Waals surface area contributed by atoms with E-state index in [1.807, 2.05) is 13.0 Å². The van der Waals surface area contributed by atoms with Crippen molar-refractivity contribution in [2.45, 2.75) is 11.8 Å². The van der Waals surface area contributed by atoms with E-state index >= 15 is 0 Å². The maximum Gasteiger partial charge on any atom is 0.263 e. The quantitative estimate of drug-likeness (QED) is 0.486. The van der Waals surface area contributed by atoms with Crippen molar-refractivity contribution < 1.29 is 17.9 Å². The molecule has 6 nitrogen and oxygen atoms in total. The average molecular weight is 465 g/mol. The van der Waals surface area contributed by atoms with Crippen molar-refractivity contribution in [1.29, 1.82) is 0 Å². The summed E-state index contributed by atoms with van der Waals surface area (Å²) in [5.41, 5.74) is 1.17. The van der Waals surface area contributed by atoms with Gasteiger partial charge in [0.1, 0.15) is 10.6 Å². The Balaban J connectivity index is 1.75. The summed E-state index contributed by atoms with van der Waals surface area (Å²) in [6.07, 6.45) is 0. The third-order valence-corrected chi connectivity index (χ3v) is 6.12. The molecule has 0 aromatic heterocycles. The molecule has 30 heavy (non-hydrogen) atoms. The first-order valence-electron chi connectivity index (χ1n) is 8.91. The summed E-state index contributed by atoms with van der Waals surface area (Å²) in [7, 11) is -3.94. The third kappa shape index (κ3) is 5.24. The molecule has 0 saturated heterocycles. The fraction of sp³-hybridized carbons (Fsp3) is 0.0952. The van der Waals surface area contributed by atoms with Gasteiger partial charge in [0.25, 0.3) is 15.9 Å². The predicted molar refractivity (Wildman–Crippen MR) is 119 cm³/mol. The van der Waals surface area contributed by atoms with Gasteiger partial charge in [0.05, 0.1) is 17.3 Å². The van der Waals surface area contributed by atoms with Crippen LogP contribution in [0.1, 0.15) is 17.3 Å². The van der Waals surface area contributed by atoms with Gasteiger partial charge in [0, 0.05) is 16.3 Å². The molecule has 2 N–H and O–H groups in total. The number of hydrogen-bond acceptors (Lipinski definition) is 4. The maximum atomic E-state index is 12.6. The van der Waals surface area contributed by atoms with Crippen LogP contribution in [-0.2, 0) is 10.0 Å². The summed E-state index contributed by atoms with van der Waals surface area (Å²) < 4.78 is 33.1. The lowest BCUT2D eigenvalue weighted by Gasteiger charge is -2.12. The lowest BCUT2D eigenvalue weighted by molar-refractivity contribution is 0.102. The number of amides is 1. The largest absolute Gasteiger partial charge is 0.492 e. The Labute approximate surface area is 184 Å². The summed E-state index contributed by atoms with van der Waals surface area (Å²) in [4.78, 5) is 12.4. The van der Waals surface area contributed by atoms with Crippen molar-refractivity contribution in [2.75, 3.05) is 16.6 Å². The number of para-hydroxylation sites is 2. The standard InChI is InChI=1S/C21H18Cl2N2O4S/c1-2-29-19-6-4-3-5-18(19)24-21(26)14-7-10-16(11-8-14)25-30(27,28)20-13-15(22)9-12-17(20)23/h3-13,25H,2H2,1H3,(H,24,26). The molecule has 0 bridgehead atoms. The van der Waals surface area contributed by atoms with Crippen molar-refractivity contribution in [3.63, 3.8) is 0 Å². The van der Waals surface area contributed by atoms with E-state index in [2.05, 4.69) is 10.0 Å². The molecule has 156 valence electrons. The Morgan fingerprint density at radius 1 is 1.00 bits per heavy atom. The van der Waals surface area contributed by atoms with E-state index in [-0.39, 0.29) is 26.5 Å². The van der Waals surface area contributed by atoms with E-state index in [0.717, 1.165) is 0 Å². The van der Waals surface area contributed by atoms with E-state index in [1.165, 1.54) is 42.5 Å². The lowest BCUT2D eigenvalue weighted by Crippen LogP contribution is -2.15. The Kier molecular flexibility index (Phi) is 6.87. The lowest BCUT2D eigenvalue weighted by atomic mass is 10.2. The third-order valence-electron chi connectivity index (χ3n) is 4.02. The molecule has 3 rings (SSSR count). The van der Waals surface area contributed by atoms with Crippen LogP contribution in [0.25, 0.3) is 0 Å². The van der Waals surface area contributed by atoms with Crippen molar-refractivity contribution in [3.8, 4) is 5.75 Å². The highest BCUT2D eigenvalue weighted by atomic mass is 35.5. The second-order valence-electron chi connectivity index (χ2n) is 6.14. The fourth-order valence-electron chi connectivity index (χ4n) is 2.63. The van der Waals surface area contributed by atoms with Gasteiger partial charge in [0.15, 0.2) is 0 Å². The number of rotatable bonds is 7. The average Bonchev–Trinajstić information content (AvgIpc) is 2.71. The zero-order chi connectivity index (χ0) is 21.7. The van der Waals surface area contributed by atoms with Crippen molar-refractivity contribution in [1.82, 2.24) is 0 Å². The number of carbonyl (C=O) groups is 1. The van der Waals surface area contributed by atoms with Crippen molar-refractivity contribution >= 4 is 50.5 Å². The van der Waals surface area contributed by atoms with Gasteiger partial charge in [-0.3, -0.25) is 9.52 Å². The summed E-state index contributed by atoms with van der Waals surface area (Å²) >= 11 is 11.9. The molecular weight excluding hydrogens is 447 g/mol. The normalized spacial score (nSPS) is 11.0. The second-order valence-corrected chi connectivity index (χ2v) is 8.64. The molecule has 1 amide bonds. The minimum Gasteiger partial charge on any atom is -0.492 e. The van der Waals surface area contributed by atoms with Crippen molar-refractivity contribution in [2.24, 2.45) is 0 Å². The van der Waals surface area contributed by atoms with Crippen LogP contribution >= 0.6 is 23.2 Å². The monoisotopic (exact) mass is 464 g/mol. The van der Waals surface area contributed by atoms with Gasteiger partial charge >= 0.3 is 0 Å². The first kappa shape index (κ1) is 22.0. The first-order chi connectivity index (χ1) is 14.3. The Morgan fingerprint density at radius 2 is 1.70 bits per heavy atom. The van der Waals surface area contributed by atoms with Crippen LogP contribution in [0.2, 0.25) is 10.0 Å². The molecule has 0 aliphatic rings. The fourth-order valence-corrected chi connectivity index (χ4v) is 4.45. The molecule has 0 heterocycles. The number of benzene rings is 3. The SMILES string of the molecule is CCOc1ccccc1NC(=O)c1ccc(NS(=O)(=O)c2cc(Cl)ccc2Cl)cc1. The topological polar surface area (TPSA) is 84.5 Å². The highest BCUT2D eigenvalue weighted by molar-refractivity contribution is 7.92. The van der Waals surface area contributed by atoms with Gasteiger partial charge in [-0.25, -0.2) is 8.42 Å². The number of anilines is 2.